The number of fused-ring (bicyclic) bond motifs is 1. The van der Waals surface area contributed by atoms with Gasteiger partial charge in [0.15, 0.2) is 0 Å². The Morgan fingerprint density at radius 2 is 1.69 bits per heavy atom. The van der Waals surface area contributed by atoms with E-state index < -0.39 is 10.8 Å². The summed E-state index contributed by atoms with van der Waals surface area (Å²) < 4.78 is 0. The summed E-state index contributed by atoms with van der Waals surface area (Å²) in [5.41, 5.74) is 6.84. The maximum absolute atomic E-state index is 12.8. The number of hydrazine groups is 1. The highest BCUT2D eigenvalue weighted by Gasteiger charge is 2.24. The Balaban J connectivity index is 1.61. The number of benzene rings is 3. The molecule has 1 heterocycles. The number of aryl methyl sites for hydroxylation is 1. The van der Waals surface area contributed by atoms with Crippen molar-refractivity contribution in [2.75, 3.05) is 10.7 Å². The van der Waals surface area contributed by atoms with Crippen LogP contribution in [0.5, 0.6) is 0 Å². The summed E-state index contributed by atoms with van der Waals surface area (Å²) in [5, 5.41) is 16.5. The van der Waals surface area contributed by atoms with Crippen molar-refractivity contribution in [2.24, 2.45) is 0 Å². The second-order valence-corrected chi connectivity index (χ2v) is 6.92. The molecule has 0 saturated carbocycles. The van der Waals surface area contributed by atoms with Gasteiger partial charge in [-0.05, 0) is 34.9 Å². The third kappa shape index (κ3) is 4.17. The van der Waals surface area contributed by atoms with Crippen LogP contribution in [0.25, 0.3) is 10.8 Å². The predicted octanol–water partition coefficient (Wildman–Crippen LogP) is 4.60. The molecule has 0 unspecified atom stereocenters. The van der Waals surface area contributed by atoms with Crippen molar-refractivity contribution >= 4 is 39.7 Å². The van der Waals surface area contributed by atoms with Gasteiger partial charge in [-0.25, -0.2) is 9.97 Å². The van der Waals surface area contributed by atoms with Gasteiger partial charge in [-0.3, -0.25) is 25.8 Å². The lowest BCUT2D eigenvalue weighted by atomic mass is 10.0. The lowest BCUT2D eigenvalue weighted by Gasteiger charge is -2.13. The number of carbonyl (C=O) groups is 1. The number of anilines is 3. The lowest BCUT2D eigenvalue weighted by molar-refractivity contribution is -0.383. The van der Waals surface area contributed by atoms with Crippen LogP contribution < -0.4 is 16.2 Å². The van der Waals surface area contributed by atoms with Crippen molar-refractivity contribution in [3.8, 4) is 0 Å². The first-order valence-corrected chi connectivity index (χ1v) is 9.97. The Morgan fingerprint density at radius 3 is 2.50 bits per heavy atom. The molecule has 1 amide bonds. The van der Waals surface area contributed by atoms with Crippen molar-refractivity contribution in [2.45, 2.75) is 13.3 Å². The summed E-state index contributed by atoms with van der Waals surface area (Å²) in [6.45, 7) is 1.99. The molecule has 0 aliphatic rings. The van der Waals surface area contributed by atoms with E-state index in [-0.39, 0.29) is 17.3 Å². The molecular weight excluding hydrogens is 408 g/mol. The zero-order valence-electron chi connectivity index (χ0n) is 17.2. The zero-order valence-corrected chi connectivity index (χ0v) is 17.2. The molecule has 0 aliphatic heterocycles. The quantitative estimate of drug-likeness (QED) is 0.290. The normalized spacial score (nSPS) is 10.5. The number of hydrogen-bond acceptors (Lipinski definition) is 7. The Labute approximate surface area is 183 Å². The van der Waals surface area contributed by atoms with Crippen molar-refractivity contribution in [1.29, 1.82) is 0 Å². The van der Waals surface area contributed by atoms with E-state index in [9.17, 15) is 14.9 Å². The van der Waals surface area contributed by atoms with Crippen molar-refractivity contribution < 1.29 is 9.72 Å². The van der Waals surface area contributed by atoms with E-state index in [4.69, 9.17) is 0 Å². The highest BCUT2D eigenvalue weighted by molar-refractivity contribution is 6.07. The summed E-state index contributed by atoms with van der Waals surface area (Å²) in [6, 6.07) is 20.3. The minimum absolute atomic E-state index is 0.0211. The molecule has 1 aromatic heterocycles. The molecule has 160 valence electrons. The molecule has 0 atom stereocenters. The minimum Gasteiger partial charge on any atom is -0.334 e. The molecule has 0 fully saturated rings. The number of nitrogens with one attached hydrogen (secondary N) is 3. The van der Waals surface area contributed by atoms with Crippen LogP contribution in [0.3, 0.4) is 0 Å². The van der Waals surface area contributed by atoms with E-state index in [1.807, 2.05) is 61.5 Å². The Kier molecular flexibility index (Phi) is 5.89. The molecule has 3 aromatic carbocycles. The molecular formula is C23H20N6O3. The average Bonchev–Trinajstić information content (AvgIpc) is 2.82. The second-order valence-electron chi connectivity index (χ2n) is 6.92. The van der Waals surface area contributed by atoms with Crippen LogP contribution in [-0.4, -0.2) is 20.8 Å². The largest absolute Gasteiger partial charge is 0.355 e. The molecule has 32 heavy (non-hydrogen) atoms. The van der Waals surface area contributed by atoms with Gasteiger partial charge in [0.1, 0.15) is 6.33 Å². The summed E-state index contributed by atoms with van der Waals surface area (Å²) in [6.07, 6.45) is 1.94. The molecule has 0 aliphatic carbocycles. The van der Waals surface area contributed by atoms with E-state index in [1.54, 1.807) is 12.1 Å². The molecule has 4 rings (SSSR count). The van der Waals surface area contributed by atoms with E-state index in [0.717, 1.165) is 22.8 Å². The molecule has 0 radical (unpaired) electrons. The van der Waals surface area contributed by atoms with Crippen LogP contribution in [0.2, 0.25) is 0 Å². The van der Waals surface area contributed by atoms with E-state index in [1.165, 1.54) is 6.33 Å². The number of para-hydroxylation sites is 1. The van der Waals surface area contributed by atoms with Crippen LogP contribution in [0.1, 0.15) is 22.8 Å². The molecule has 4 aromatic rings. The minimum atomic E-state index is -0.594. The van der Waals surface area contributed by atoms with Crippen LogP contribution in [-0.2, 0) is 6.42 Å². The van der Waals surface area contributed by atoms with E-state index in [2.05, 4.69) is 26.1 Å². The van der Waals surface area contributed by atoms with Crippen LogP contribution in [0, 0.1) is 10.1 Å². The highest BCUT2D eigenvalue weighted by Crippen LogP contribution is 2.32. The summed E-state index contributed by atoms with van der Waals surface area (Å²) in [4.78, 5) is 32.0. The SMILES string of the molecule is CCc1ccccc1Nc1ncnc(NNC(=O)c2cccc3ccccc23)c1[N+](=O)[O-]. The maximum Gasteiger partial charge on any atom is 0.355 e. The summed E-state index contributed by atoms with van der Waals surface area (Å²) in [5.74, 6) is -0.552. The van der Waals surface area contributed by atoms with E-state index in [0.29, 0.717) is 11.3 Å². The van der Waals surface area contributed by atoms with Crippen LogP contribution in [0.4, 0.5) is 23.0 Å². The monoisotopic (exact) mass is 428 g/mol. The van der Waals surface area contributed by atoms with Gasteiger partial charge in [0.25, 0.3) is 5.91 Å². The van der Waals surface area contributed by atoms with Crippen molar-refractivity contribution in [3.05, 3.63) is 94.3 Å². The Morgan fingerprint density at radius 1 is 0.969 bits per heavy atom. The molecule has 3 N–H and O–H groups in total. The van der Waals surface area contributed by atoms with Gasteiger partial charge in [-0.15, -0.1) is 0 Å². The number of rotatable bonds is 7. The number of amides is 1. The summed E-state index contributed by atoms with van der Waals surface area (Å²) in [7, 11) is 0. The first-order chi connectivity index (χ1) is 15.6. The number of carbonyl (C=O) groups excluding carboxylic acids is 1. The topological polar surface area (TPSA) is 122 Å². The lowest BCUT2D eigenvalue weighted by Crippen LogP contribution is -2.30. The second kappa shape index (κ2) is 9.09. The summed E-state index contributed by atoms with van der Waals surface area (Å²) >= 11 is 0. The highest BCUT2D eigenvalue weighted by atomic mass is 16.6. The molecule has 0 spiro atoms. The van der Waals surface area contributed by atoms with Gasteiger partial charge in [-0.2, -0.15) is 0 Å². The molecule has 0 bridgehead atoms. The molecule has 9 heteroatoms. The van der Waals surface area contributed by atoms with E-state index >= 15 is 0 Å². The van der Waals surface area contributed by atoms with Gasteiger partial charge in [0.2, 0.25) is 11.6 Å². The standard InChI is InChI=1S/C23H20N6O3/c1-2-15-8-4-6-13-19(15)26-21-20(29(31)32)22(25-14-24-21)27-28-23(30)18-12-7-10-16-9-3-5-11-17(16)18/h3-14H,2H2,1H3,(H,28,30)(H2,24,25,26,27). The van der Waals surface area contributed by atoms with Gasteiger partial charge in [-0.1, -0.05) is 61.5 Å². The Bertz CT molecular complexity index is 1300. The van der Waals surface area contributed by atoms with Gasteiger partial charge < -0.3 is 5.32 Å². The van der Waals surface area contributed by atoms with Gasteiger partial charge >= 0.3 is 5.69 Å². The predicted molar refractivity (Wildman–Crippen MR) is 123 cm³/mol. The van der Waals surface area contributed by atoms with Crippen molar-refractivity contribution in [3.63, 3.8) is 0 Å². The van der Waals surface area contributed by atoms with Crippen molar-refractivity contribution in [1.82, 2.24) is 15.4 Å². The molecule has 0 saturated heterocycles. The van der Waals surface area contributed by atoms with Crippen LogP contribution in [0.15, 0.2) is 73.1 Å². The third-order valence-corrected chi connectivity index (χ3v) is 4.98. The fourth-order valence-electron chi connectivity index (χ4n) is 3.42. The smallest absolute Gasteiger partial charge is 0.334 e. The fourth-order valence-corrected chi connectivity index (χ4v) is 3.42. The average molecular weight is 428 g/mol. The maximum atomic E-state index is 12.8. The fraction of sp³-hybridized carbons (Fsp3) is 0.0870. The van der Waals surface area contributed by atoms with Crippen LogP contribution >= 0.6 is 0 Å². The van der Waals surface area contributed by atoms with Gasteiger partial charge in [0, 0.05) is 11.3 Å². The third-order valence-electron chi connectivity index (χ3n) is 4.98. The first kappa shape index (κ1) is 20.7. The number of nitrogens with zero attached hydrogens (tertiary/aromatic N) is 3. The van der Waals surface area contributed by atoms with Gasteiger partial charge in [0.05, 0.1) is 4.92 Å². The zero-order chi connectivity index (χ0) is 22.5. The number of aromatic nitrogens is 2. The molecule has 9 nitrogen and oxygen atoms in total. The first-order valence-electron chi connectivity index (χ1n) is 9.97. The Hall–Kier alpha value is -4.53. The number of nitro groups is 1. The number of hydrogen-bond donors (Lipinski definition) is 3.